The number of halogens is 3. The summed E-state index contributed by atoms with van der Waals surface area (Å²) < 4.78 is 41.9. The van der Waals surface area contributed by atoms with Crippen LogP contribution in [0.25, 0.3) is 10.8 Å². The van der Waals surface area contributed by atoms with Crippen molar-refractivity contribution < 1.29 is 18.0 Å². The maximum atomic E-state index is 14.0. The molecule has 0 bridgehead atoms. The van der Waals surface area contributed by atoms with Crippen molar-refractivity contribution in [3.8, 4) is 0 Å². The molecule has 158 valence electrons. The highest BCUT2D eigenvalue weighted by molar-refractivity contribution is 5.89. The van der Waals surface area contributed by atoms with E-state index < -0.39 is 12.2 Å². The lowest BCUT2D eigenvalue weighted by atomic mass is 9.92. The van der Waals surface area contributed by atoms with Gasteiger partial charge in [-0.05, 0) is 34.7 Å². The smallest absolute Gasteiger partial charge is 0.288 e. The van der Waals surface area contributed by atoms with E-state index in [1.807, 2.05) is 18.2 Å². The van der Waals surface area contributed by atoms with Crippen LogP contribution in [0.1, 0.15) is 69.0 Å². The number of unbranched alkanes of at least 4 members (excludes halogenated alkanes) is 5. The van der Waals surface area contributed by atoms with E-state index >= 15 is 0 Å². The van der Waals surface area contributed by atoms with Crippen LogP contribution in [0.4, 0.5) is 13.2 Å². The van der Waals surface area contributed by atoms with Gasteiger partial charge in [-0.2, -0.15) is 13.2 Å². The topological polar surface area (TPSA) is 32.3 Å². The van der Waals surface area contributed by atoms with E-state index in [1.54, 1.807) is 18.2 Å². The highest BCUT2D eigenvalue weighted by Gasteiger charge is 2.47. The van der Waals surface area contributed by atoms with Crippen LogP contribution in [0.5, 0.6) is 0 Å². The van der Waals surface area contributed by atoms with Gasteiger partial charge in [0.1, 0.15) is 0 Å². The lowest BCUT2D eigenvalue weighted by Crippen LogP contribution is -2.43. The Hall–Kier alpha value is -2.08. The van der Waals surface area contributed by atoms with Gasteiger partial charge < -0.3 is 0 Å². The molecule has 3 nitrogen and oxygen atoms in total. The number of benzene rings is 2. The molecular formula is C23H29F3N2O. The molecule has 0 aromatic heterocycles. The predicted octanol–water partition coefficient (Wildman–Crippen LogP) is 6.08. The van der Waals surface area contributed by atoms with Gasteiger partial charge in [-0.15, -0.1) is 0 Å². The summed E-state index contributed by atoms with van der Waals surface area (Å²) in [6, 6.07) is 8.89. The van der Waals surface area contributed by atoms with Crippen LogP contribution in [0.2, 0.25) is 0 Å². The summed E-state index contributed by atoms with van der Waals surface area (Å²) in [5, 5.41) is 2.51. The number of carbonyl (C=O) groups is 1. The third kappa shape index (κ3) is 5.30. The number of nitrogens with zero attached hydrogens (tertiary/aromatic N) is 1. The Balaban J connectivity index is 1.86. The van der Waals surface area contributed by atoms with E-state index in [2.05, 4.69) is 12.3 Å². The zero-order valence-electron chi connectivity index (χ0n) is 16.9. The summed E-state index contributed by atoms with van der Waals surface area (Å²) in [6.07, 6.45) is 3.55. The molecule has 1 saturated heterocycles. The van der Waals surface area contributed by atoms with E-state index in [0.717, 1.165) is 35.2 Å². The first kappa shape index (κ1) is 21.6. The number of nitrogens with one attached hydrogen (secondary N) is 1. The molecule has 1 aliphatic rings. The third-order valence-electron chi connectivity index (χ3n) is 5.61. The Morgan fingerprint density at radius 3 is 2.34 bits per heavy atom. The minimum absolute atomic E-state index is 0.0524. The molecule has 0 aliphatic carbocycles. The fourth-order valence-corrected chi connectivity index (χ4v) is 4.15. The van der Waals surface area contributed by atoms with Crippen LogP contribution < -0.4 is 5.43 Å². The van der Waals surface area contributed by atoms with Gasteiger partial charge in [0.15, 0.2) is 6.04 Å². The van der Waals surface area contributed by atoms with Gasteiger partial charge in [0.25, 0.3) is 0 Å². The standard InChI is InChI=1S/C23H29F3N2O/c1-2-3-4-5-6-7-10-17-13-14-20(19-12-9-8-11-18(17)19)22(23(24,25)26)28-16-15-21(29)27-28/h8-9,11-14,22H,2-7,10,15-16H2,1H3,(H,27,29). The van der Waals surface area contributed by atoms with Gasteiger partial charge in [0.05, 0.1) is 0 Å². The normalized spacial score (nSPS) is 16.3. The summed E-state index contributed by atoms with van der Waals surface area (Å²) >= 11 is 0. The number of amides is 1. The number of hydrogen-bond donors (Lipinski definition) is 1. The monoisotopic (exact) mass is 406 g/mol. The second-order valence-electron chi connectivity index (χ2n) is 7.80. The SMILES string of the molecule is CCCCCCCCc1ccc(C(N2CCC(=O)N2)C(F)(F)F)c2ccccc12. The van der Waals surface area contributed by atoms with Crippen molar-refractivity contribution in [3.63, 3.8) is 0 Å². The molecule has 6 heteroatoms. The van der Waals surface area contributed by atoms with Crippen molar-refractivity contribution in [1.82, 2.24) is 10.4 Å². The quantitative estimate of drug-likeness (QED) is 0.512. The fourth-order valence-electron chi connectivity index (χ4n) is 4.15. The van der Waals surface area contributed by atoms with Gasteiger partial charge in [0.2, 0.25) is 5.91 Å². The summed E-state index contributed by atoms with van der Waals surface area (Å²) in [7, 11) is 0. The van der Waals surface area contributed by atoms with Crippen LogP contribution in [0, 0.1) is 0 Å². The average molecular weight is 406 g/mol. The lowest BCUT2D eigenvalue weighted by molar-refractivity contribution is -0.190. The Kier molecular flexibility index (Phi) is 7.17. The molecule has 0 spiro atoms. The second kappa shape index (κ2) is 9.61. The molecule has 2 aromatic rings. The van der Waals surface area contributed by atoms with E-state index in [-0.39, 0.29) is 24.4 Å². The molecular weight excluding hydrogens is 377 g/mol. The minimum atomic E-state index is -4.48. The summed E-state index contributed by atoms with van der Waals surface area (Å²) in [6.45, 7) is 2.24. The molecule has 1 atom stereocenters. The molecule has 1 N–H and O–H groups in total. The second-order valence-corrected chi connectivity index (χ2v) is 7.80. The molecule has 2 aromatic carbocycles. The van der Waals surface area contributed by atoms with Crippen LogP contribution >= 0.6 is 0 Å². The molecule has 1 amide bonds. The van der Waals surface area contributed by atoms with Crippen molar-refractivity contribution in [2.75, 3.05) is 6.54 Å². The first-order valence-electron chi connectivity index (χ1n) is 10.5. The van der Waals surface area contributed by atoms with Crippen molar-refractivity contribution in [1.29, 1.82) is 0 Å². The van der Waals surface area contributed by atoms with E-state index in [0.29, 0.717) is 5.39 Å². The molecule has 1 fully saturated rings. The number of alkyl halides is 3. The molecule has 0 radical (unpaired) electrons. The Morgan fingerprint density at radius 1 is 1.00 bits per heavy atom. The largest absolute Gasteiger partial charge is 0.409 e. The van der Waals surface area contributed by atoms with E-state index in [9.17, 15) is 18.0 Å². The highest BCUT2D eigenvalue weighted by atomic mass is 19.4. The first-order chi connectivity index (χ1) is 13.9. The summed E-state index contributed by atoms with van der Waals surface area (Å²) in [5.41, 5.74) is 3.66. The van der Waals surface area contributed by atoms with Gasteiger partial charge in [-0.25, -0.2) is 5.01 Å². The van der Waals surface area contributed by atoms with Crippen LogP contribution in [0.15, 0.2) is 36.4 Å². The zero-order valence-corrected chi connectivity index (χ0v) is 16.9. The number of hydrazine groups is 1. The van der Waals surface area contributed by atoms with Crippen LogP contribution in [-0.2, 0) is 11.2 Å². The number of fused-ring (bicyclic) bond motifs is 1. The highest BCUT2D eigenvalue weighted by Crippen LogP contribution is 2.41. The number of carbonyl (C=O) groups excluding carboxylic acids is 1. The summed E-state index contributed by atoms with van der Waals surface area (Å²) in [4.78, 5) is 11.5. The van der Waals surface area contributed by atoms with Crippen LogP contribution in [-0.4, -0.2) is 23.6 Å². The first-order valence-corrected chi connectivity index (χ1v) is 10.5. The fraction of sp³-hybridized carbons (Fsp3) is 0.522. The lowest BCUT2D eigenvalue weighted by Gasteiger charge is -2.30. The third-order valence-corrected chi connectivity index (χ3v) is 5.61. The number of rotatable bonds is 9. The van der Waals surface area contributed by atoms with Gasteiger partial charge in [-0.1, -0.05) is 75.4 Å². The van der Waals surface area contributed by atoms with Gasteiger partial charge in [-0.3, -0.25) is 10.2 Å². The van der Waals surface area contributed by atoms with Crippen molar-refractivity contribution in [2.45, 2.75) is 70.5 Å². The molecule has 1 unspecified atom stereocenters. The van der Waals surface area contributed by atoms with Crippen molar-refractivity contribution >= 4 is 16.7 Å². The predicted molar refractivity (Wildman–Crippen MR) is 109 cm³/mol. The van der Waals surface area contributed by atoms with E-state index in [1.165, 1.54) is 25.7 Å². The molecule has 29 heavy (non-hydrogen) atoms. The van der Waals surface area contributed by atoms with Gasteiger partial charge >= 0.3 is 6.18 Å². The average Bonchev–Trinajstić information content (AvgIpc) is 3.10. The molecule has 3 rings (SSSR count). The minimum Gasteiger partial charge on any atom is -0.288 e. The van der Waals surface area contributed by atoms with Gasteiger partial charge in [0, 0.05) is 13.0 Å². The van der Waals surface area contributed by atoms with Crippen molar-refractivity contribution in [2.24, 2.45) is 0 Å². The maximum absolute atomic E-state index is 14.0. The Morgan fingerprint density at radius 2 is 1.69 bits per heavy atom. The van der Waals surface area contributed by atoms with E-state index in [4.69, 9.17) is 0 Å². The molecule has 1 heterocycles. The Labute approximate surface area is 170 Å². The maximum Gasteiger partial charge on any atom is 0.409 e. The number of aryl methyl sites for hydroxylation is 1. The Bertz CT molecular complexity index is 834. The molecule has 0 saturated carbocycles. The zero-order chi connectivity index (χ0) is 20.9. The summed E-state index contributed by atoms with van der Waals surface area (Å²) in [5.74, 6) is -0.372. The van der Waals surface area contributed by atoms with Crippen molar-refractivity contribution in [3.05, 3.63) is 47.5 Å². The molecule has 1 aliphatic heterocycles. The number of hydrogen-bond acceptors (Lipinski definition) is 2. The van der Waals surface area contributed by atoms with Crippen LogP contribution in [0.3, 0.4) is 0 Å².